The number of carbonyl (C=O) groups excluding carboxylic acids is 2. The Bertz CT molecular complexity index is 1150. The van der Waals surface area contributed by atoms with Crippen molar-refractivity contribution in [2.75, 3.05) is 6.54 Å². The molecular formula is C34H53NO7. The molecule has 0 radical (unpaired) electrons. The summed E-state index contributed by atoms with van der Waals surface area (Å²) in [6.07, 6.45) is 8.82. The highest BCUT2D eigenvalue weighted by Crippen LogP contribution is 2.77. The molecule has 0 aromatic rings. The second kappa shape index (κ2) is 10.2. The molecule has 5 fully saturated rings. The first-order valence-corrected chi connectivity index (χ1v) is 16.4. The van der Waals surface area contributed by atoms with Crippen LogP contribution in [0.5, 0.6) is 0 Å². The van der Waals surface area contributed by atoms with Crippen LogP contribution in [0.25, 0.3) is 0 Å². The highest BCUT2D eigenvalue weighted by Gasteiger charge is 2.72. The van der Waals surface area contributed by atoms with Crippen molar-refractivity contribution in [3.05, 3.63) is 0 Å². The minimum absolute atomic E-state index is 0.0398. The minimum atomic E-state index is -1.08. The molecule has 0 aromatic heterocycles. The Morgan fingerprint density at radius 1 is 0.833 bits per heavy atom. The van der Waals surface area contributed by atoms with Crippen molar-refractivity contribution in [3.63, 3.8) is 0 Å². The average Bonchev–Trinajstić information content (AvgIpc) is 3.30. The zero-order chi connectivity index (χ0) is 31.0. The van der Waals surface area contributed by atoms with Gasteiger partial charge in [0.15, 0.2) is 0 Å². The van der Waals surface area contributed by atoms with Crippen molar-refractivity contribution in [2.24, 2.45) is 62.6 Å². The summed E-state index contributed by atoms with van der Waals surface area (Å²) in [7, 11) is 0. The molecule has 5 aliphatic rings. The van der Waals surface area contributed by atoms with Crippen molar-refractivity contribution < 1.29 is 34.1 Å². The van der Waals surface area contributed by atoms with Crippen LogP contribution in [0.1, 0.15) is 113 Å². The molecule has 0 aliphatic heterocycles. The molecule has 11 atom stereocenters. The number of nitrogens with one attached hydrogen (secondary N) is 1. The van der Waals surface area contributed by atoms with E-state index >= 15 is 0 Å². The van der Waals surface area contributed by atoms with Crippen LogP contribution in [0.2, 0.25) is 0 Å². The third-order valence-electron chi connectivity index (χ3n) is 14.6. The van der Waals surface area contributed by atoms with Crippen molar-refractivity contribution in [1.29, 1.82) is 0 Å². The lowest BCUT2D eigenvalue weighted by atomic mass is 9.32. The van der Waals surface area contributed by atoms with Gasteiger partial charge in [0.25, 0.3) is 0 Å². The predicted molar refractivity (Wildman–Crippen MR) is 157 cm³/mol. The fourth-order valence-corrected chi connectivity index (χ4v) is 12.5. The van der Waals surface area contributed by atoms with Gasteiger partial charge in [0.2, 0.25) is 5.91 Å². The summed E-state index contributed by atoms with van der Waals surface area (Å²) < 4.78 is 5.87. The summed E-state index contributed by atoms with van der Waals surface area (Å²) in [6, 6.07) is 0. The summed E-state index contributed by atoms with van der Waals surface area (Å²) >= 11 is 0. The van der Waals surface area contributed by atoms with Crippen LogP contribution < -0.4 is 5.32 Å². The Kier molecular flexibility index (Phi) is 7.62. The van der Waals surface area contributed by atoms with Gasteiger partial charge >= 0.3 is 17.9 Å². The second-order valence-corrected chi connectivity index (χ2v) is 16.2. The normalized spacial score (nSPS) is 46.2. The van der Waals surface area contributed by atoms with Gasteiger partial charge in [-0.1, -0.05) is 41.5 Å². The third kappa shape index (κ3) is 4.27. The number of hydrogen-bond acceptors (Lipinski definition) is 5. The number of ether oxygens (including phenoxy) is 1. The van der Waals surface area contributed by atoms with Gasteiger partial charge in [-0.2, -0.15) is 0 Å². The summed E-state index contributed by atoms with van der Waals surface area (Å²) in [6.45, 7) is 15.0. The van der Waals surface area contributed by atoms with Crippen LogP contribution in [-0.4, -0.2) is 46.7 Å². The van der Waals surface area contributed by atoms with Gasteiger partial charge in [-0.3, -0.25) is 19.2 Å². The standard InChI is InChI=1S/C34H53NO7/c1-19(28(39)35-18-26(37)38)21-10-15-34(29(40)41)17-16-32(6)22(27(21)34)8-9-24-31(5)13-12-25(42-20(2)36)30(3,4)23(31)11-14-33(24,32)7/h19,21-25,27H,8-18H2,1-7H3,(H,35,39)(H,37,38)(H,40,41)/t19?,21-,22?,23?,24?,25+,27?,31-,32+,33+,34-/m0/s1. The van der Waals surface area contributed by atoms with E-state index in [1.165, 1.54) is 6.92 Å². The zero-order valence-corrected chi connectivity index (χ0v) is 26.8. The minimum Gasteiger partial charge on any atom is -0.481 e. The predicted octanol–water partition coefficient (Wildman–Crippen LogP) is 5.92. The van der Waals surface area contributed by atoms with E-state index < -0.39 is 29.8 Å². The van der Waals surface area contributed by atoms with Gasteiger partial charge in [-0.25, -0.2) is 0 Å². The fraction of sp³-hybridized carbons (Fsp3) is 0.882. The molecule has 0 aromatic carbocycles. The molecule has 5 aliphatic carbocycles. The van der Waals surface area contributed by atoms with E-state index in [1.807, 2.05) is 6.92 Å². The molecule has 0 spiro atoms. The average molecular weight is 588 g/mol. The first-order valence-electron chi connectivity index (χ1n) is 16.4. The SMILES string of the molecule is CC(=O)O[C@@H]1CC[C@@]2(C)C(CC[C@]3(C)C2CCC2C4[C@H](C(C)C(=O)NCC(=O)O)CC[C@]4(C(=O)O)CC[C@]23C)C1(C)C. The Morgan fingerprint density at radius 3 is 2.14 bits per heavy atom. The van der Waals surface area contributed by atoms with E-state index in [4.69, 9.17) is 9.84 Å². The highest BCUT2D eigenvalue weighted by molar-refractivity contribution is 5.83. The number of aliphatic carboxylic acids is 2. The summed E-state index contributed by atoms with van der Waals surface area (Å²) in [4.78, 5) is 49.3. The van der Waals surface area contributed by atoms with Crippen LogP contribution in [0, 0.1) is 62.6 Å². The Morgan fingerprint density at radius 2 is 1.52 bits per heavy atom. The van der Waals surface area contributed by atoms with Gasteiger partial charge in [0.1, 0.15) is 12.6 Å². The first-order chi connectivity index (χ1) is 19.5. The van der Waals surface area contributed by atoms with Crippen LogP contribution in [0.3, 0.4) is 0 Å². The van der Waals surface area contributed by atoms with E-state index in [-0.39, 0.29) is 57.4 Å². The molecule has 0 saturated heterocycles. The molecule has 8 heteroatoms. The molecule has 1 amide bonds. The number of rotatable bonds is 6. The molecule has 5 rings (SSSR count). The monoisotopic (exact) mass is 587 g/mol. The zero-order valence-electron chi connectivity index (χ0n) is 26.8. The lowest BCUT2D eigenvalue weighted by Gasteiger charge is -2.72. The molecule has 5 unspecified atom stereocenters. The van der Waals surface area contributed by atoms with Crippen molar-refractivity contribution in [1.82, 2.24) is 5.32 Å². The van der Waals surface area contributed by atoms with Gasteiger partial charge in [-0.05, 0) is 110 Å². The quantitative estimate of drug-likeness (QED) is 0.329. The van der Waals surface area contributed by atoms with Crippen molar-refractivity contribution in [3.8, 4) is 0 Å². The van der Waals surface area contributed by atoms with E-state index in [0.29, 0.717) is 31.1 Å². The molecule has 236 valence electrons. The number of hydrogen-bond donors (Lipinski definition) is 3. The van der Waals surface area contributed by atoms with E-state index in [0.717, 1.165) is 44.9 Å². The first kappa shape index (κ1) is 31.3. The lowest BCUT2D eigenvalue weighted by molar-refractivity contribution is -0.251. The Labute approximate surface area is 251 Å². The molecule has 5 saturated carbocycles. The Hall–Kier alpha value is -2.12. The van der Waals surface area contributed by atoms with Gasteiger partial charge in [0.05, 0.1) is 5.41 Å². The van der Waals surface area contributed by atoms with Crippen LogP contribution in [-0.2, 0) is 23.9 Å². The van der Waals surface area contributed by atoms with E-state index in [1.54, 1.807) is 0 Å². The maximum absolute atomic E-state index is 13.1. The van der Waals surface area contributed by atoms with Gasteiger partial charge < -0.3 is 20.3 Å². The maximum atomic E-state index is 13.1. The maximum Gasteiger partial charge on any atom is 0.322 e. The fourth-order valence-electron chi connectivity index (χ4n) is 12.5. The molecule has 0 bridgehead atoms. The van der Waals surface area contributed by atoms with Gasteiger partial charge in [0, 0.05) is 18.3 Å². The number of fused-ring (bicyclic) bond motifs is 7. The van der Waals surface area contributed by atoms with Crippen molar-refractivity contribution in [2.45, 2.75) is 119 Å². The van der Waals surface area contributed by atoms with Crippen LogP contribution in [0.4, 0.5) is 0 Å². The number of esters is 1. The lowest BCUT2D eigenvalue weighted by Crippen LogP contribution is -2.67. The van der Waals surface area contributed by atoms with Crippen LogP contribution in [0.15, 0.2) is 0 Å². The molecule has 8 nitrogen and oxygen atoms in total. The molecular weight excluding hydrogens is 534 g/mol. The summed E-state index contributed by atoms with van der Waals surface area (Å²) in [5, 5.41) is 22.4. The number of amides is 1. The Balaban J connectivity index is 1.48. The largest absolute Gasteiger partial charge is 0.481 e. The number of carboxylic acid groups (broad SMARTS) is 2. The third-order valence-corrected chi connectivity index (χ3v) is 14.6. The van der Waals surface area contributed by atoms with Crippen LogP contribution >= 0.6 is 0 Å². The highest BCUT2D eigenvalue weighted by atomic mass is 16.5. The molecule has 42 heavy (non-hydrogen) atoms. The summed E-state index contributed by atoms with van der Waals surface area (Å²) in [5.41, 5.74) is -0.827. The van der Waals surface area contributed by atoms with Gasteiger partial charge in [-0.15, -0.1) is 0 Å². The van der Waals surface area contributed by atoms with Crippen molar-refractivity contribution >= 4 is 23.8 Å². The number of carboxylic acids is 2. The molecule has 0 heterocycles. The van der Waals surface area contributed by atoms with E-state index in [9.17, 15) is 24.3 Å². The summed E-state index contributed by atoms with van der Waals surface area (Å²) in [5.74, 6) is -1.75. The van der Waals surface area contributed by atoms with E-state index in [2.05, 4.69) is 39.9 Å². The molecule has 3 N–H and O–H groups in total. The topological polar surface area (TPSA) is 130 Å². The smallest absolute Gasteiger partial charge is 0.322 e. The number of carbonyl (C=O) groups is 4. The second-order valence-electron chi connectivity index (χ2n) is 16.2.